The molecule has 1 amide bonds. The highest BCUT2D eigenvalue weighted by molar-refractivity contribution is 9.10. The van der Waals surface area contributed by atoms with Gasteiger partial charge in [0.1, 0.15) is 0 Å². The highest BCUT2D eigenvalue weighted by Crippen LogP contribution is 2.11. The number of nitrogens with zero attached hydrogens (tertiary/aromatic N) is 1. The van der Waals surface area contributed by atoms with Crippen LogP contribution in [0.2, 0.25) is 0 Å². The summed E-state index contributed by atoms with van der Waals surface area (Å²) in [5, 5.41) is 6.41. The van der Waals surface area contributed by atoms with E-state index in [1.165, 1.54) is 25.3 Å². The summed E-state index contributed by atoms with van der Waals surface area (Å²) in [6, 6.07) is 13.5. The van der Waals surface area contributed by atoms with Gasteiger partial charge >= 0.3 is 0 Å². The molecule has 0 atom stereocenters. The molecule has 6 nitrogen and oxygen atoms in total. The molecule has 0 bridgehead atoms. The molecular formula is C16H16BrN3O3S. The number of halogens is 1. The van der Waals surface area contributed by atoms with Crippen LogP contribution in [0.25, 0.3) is 0 Å². The smallest absolute Gasteiger partial charge is 0.276 e. The van der Waals surface area contributed by atoms with Gasteiger partial charge in [0.05, 0.1) is 11.1 Å². The van der Waals surface area contributed by atoms with Gasteiger partial charge in [-0.2, -0.15) is 13.5 Å². The summed E-state index contributed by atoms with van der Waals surface area (Å²) in [5.74, 6) is -0.143. The predicted octanol–water partition coefficient (Wildman–Crippen LogP) is 2.40. The van der Waals surface area contributed by atoms with Crippen LogP contribution >= 0.6 is 15.9 Å². The molecule has 0 heterocycles. The molecule has 0 aromatic heterocycles. The zero-order valence-corrected chi connectivity index (χ0v) is 15.3. The lowest BCUT2D eigenvalue weighted by Crippen LogP contribution is -2.20. The van der Waals surface area contributed by atoms with Crippen molar-refractivity contribution in [2.24, 2.45) is 5.10 Å². The van der Waals surface area contributed by atoms with Gasteiger partial charge in [0.15, 0.2) is 0 Å². The van der Waals surface area contributed by atoms with Gasteiger partial charge in [0.2, 0.25) is 5.91 Å². The fourth-order valence-electron chi connectivity index (χ4n) is 1.78. The highest BCUT2D eigenvalue weighted by atomic mass is 79.9. The lowest BCUT2D eigenvalue weighted by Gasteiger charge is -2.06. The molecule has 0 aliphatic rings. The normalized spacial score (nSPS) is 11.4. The Morgan fingerprint density at radius 3 is 2.33 bits per heavy atom. The molecule has 0 aliphatic heterocycles. The first-order chi connectivity index (χ1) is 11.4. The van der Waals surface area contributed by atoms with Crippen molar-refractivity contribution in [1.82, 2.24) is 10.1 Å². The number of hydrogen-bond acceptors (Lipinski definition) is 4. The molecule has 24 heavy (non-hydrogen) atoms. The molecular weight excluding hydrogens is 394 g/mol. The first-order valence-electron chi connectivity index (χ1n) is 7.01. The Labute approximate surface area is 149 Å². The van der Waals surface area contributed by atoms with E-state index in [9.17, 15) is 13.2 Å². The topological polar surface area (TPSA) is 87.6 Å². The summed E-state index contributed by atoms with van der Waals surface area (Å²) in [6.45, 7) is 1.77. The minimum Gasteiger partial charge on any atom is -0.352 e. The molecule has 2 aromatic rings. The minimum atomic E-state index is -3.73. The lowest BCUT2D eigenvalue weighted by atomic mass is 10.2. The Balaban J connectivity index is 2.01. The molecule has 0 unspecified atom stereocenters. The maximum absolute atomic E-state index is 12.2. The van der Waals surface area contributed by atoms with Crippen molar-refractivity contribution in [3.63, 3.8) is 0 Å². The Kier molecular flexibility index (Phi) is 6.10. The van der Waals surface area contributed by atoms with Gasteiger partial charge in [0.25, 0.3) is 10.0 Å². The van der Waals surface area contributed by atoms with Crippen LogP contribution in [-0.4, -0.2) is 20.5 Å². The molecule has 0 spiro atoms. The van der Waals surface area contributed by atoms with Crippen molar-refractivity contribution >= 4 is 38.1 Å². The minimum absolute atomic E-state index is 0.0991. The van der Waals surface area contributed by atoms with Gasteiger partial charge in [-0.15, -0.1) is 0 Å². The number of carbonyl (C=O) groups is 1. The molecule has 2 rings (SSSR count). The fourth-order valence-corrected chi connectivity index (χ4v) is 2.84. The number of sulfonamides is 1. The van der Waals surface area contributed by atoms with Gasteiger partial charge in [-0.3, -0.25) is 4.79 Å². The van der Waals surface area contributed by atoms with E-state index in [-0.39, 0.29) is 10.8 Å². The Hall–Kier alpha value is -2.19. The zero-order chi connectivity index (χ0) is 17.6. The highest BCUT2D eigenvalue weighted by Gasteiger charge is 2.12. The number of hydrogen-bond donors (Lipinski definition) is 2. The number of nitrogens with one attached hydrogen (secondary N) is 2. The molecule has 8 heteroatoms. The summed E-state index contributed by atoms with van der Waals surface area (Å²) in [6.07, 6.45) is 1.43. The van der Waals surface area contributed by atoms with Crippen LogP contribution < -0.4 is 10.1 Å². The van der Waals surface area contributed by atoms with E-state index in [4.69, 9.17) is 0 Å². The van der Waals surface area contributed by atoms with E-state index >= 15 is 0 Å². The molecule has 2 N–H and O–H groups in total. The van der Waals surface area contributed by atoms with Gasteiger partial charge in [0, 0.05) is 17.9 Å². The van der Waals surface area contributed by atoms with Crippen LogP contribution in [0.1, 0.15) is 18.1 Å². The van der Waals surface area contributed by atoms with Crippen LogP contribution in [0.15, 0.2) is 63.0 Å². The summed E-state index contributed by atoms with van der Waals surface area (Å²) in [7, 11) is -3.73. The summed E-state index contributed by atoms with van der Waals surface area (Å²) >= 11 is 3.32. The average molecular weight is 410 g/mol. The van der Waals surface area contributed by atoms with Crippen molar-refractivity contribution in [2.75, 3.05) is 0 Å². The van der Waals surface area contributed by atoms with Gasteiger partial charge in [-0.1, -0.05) is 40.2 Å². The molecule has 0 fully saturated rings. The molecule has 0 saturated heterocycles. The zero-order valence-electron chi connectivity index (χ0n) is 12.9. The SMILES string of the molecule is CC(=O)NCc1ccc(S(=O)(=O)N/N=C/c2ccc(Br)cc2)cc1. The van der Waals surface area contributed by atoms with Gasteiger partial charge in [-0.25, -0.2) is 4.83 Å². The Morgan fingerprint density at radius 2 is 1.75 bits per heavy atom. The van der Waals surface area contributed by atoms with Crippen molar-refractivity contribution in [3.8, 4) is 0 Å². The van der Waals surface area contributed by atoms with Gasteiger partial charge < -0.3 is 5.32 Å². The Morgan fingerprint density at radius 1 is 1.12 bits per heavy atom. The Bertz CT molecular complexity index is 832. The second kappa shape index (κ2) is 8.07. The van der Waals surface area contributed by atoms with Crippen LogP contribution in [0.3, 0.4) is 0 Å². The van der Waals surface area contributed by atoms with E-state index in [2.05, 4.69) is 31.2 Å². The third-order valence-electron chi connectivity index (χ3n) is 3.03. The van der Waals surface area contributed by atoms with Crippen LogP contribution in [0.5, 0.6) is 0 Å². The number of hydrazone groups is 1. The van der Waals surface area contributed by atoms with Crippen molar-refractivity contribution in [1.29, 1.82) is 0 Å². The molecule has 2 aromatic carbocycles. The molecule has 126 valence electrons. The van der Waals surface area contributed by atoms with Gasteiger partial charge in [-0.05, 0) is 35.4 Å². The van der Waals surface area contributed by atoms with E-state index in [1.54, 1.807) is 24.3 Å². The van der Waals surface area contributed by atoms with E-state index in [0.717, 1.165) is 15.6 Å². The average Bonchev–Trinajstić information content (AvgIpc) is 2.55. The first kappa shape index (κ1) is 18.2. The van der Waals surface area contributed by atoms with Crippen LogP contribution in [-0.2, 0) is 21.4 Å². The second-order valence-corrected chi connectivity index (χ2v) is 7.53. The molecule has 0 aliphatic carbocycles. The van der Waals surface area contributed by atoms with Crippen molar-refractivity contribution in [3.05, 3.63) is 64.1 Å². The number of amides is 1. The van der Waals surface area contributed by atoms with Crippen LogP contribution in [0, 0.1) is 0 Å². The maximum Gasteiger partial charge on any atom is 0.276 e. The summed E-state index contributed by atoms with van der Waals surface area (Å²) in [4.78, 5) is 13.1. The molecule has 0 saturated carbocycles. The van der Waals surface area contributed by atoms with E-state index in [0.29, 0.717) is 6.54 Å². The fraction of sp³-hybridized carbons (Fsp3) is 0.125. The summed E-state index contributed by atoms with van der Waals surface area (Å²) < 4.78 is 25.2. The monoisotopic (exact) mass is 409 g/mol. The number of carbonyl (C=O) groups excluding carboxylic acids is 1. The van der Waals surface area contributed by atoms with E-state index in [1.807, 2.05) is 12.1 Å². The standard InChI is InChI=1S/C16H16BrN3O3S/c1-12(21)18-10-13-4-8-16(9-5-13)24(22,23)20-19-11-14-2-6-15(17)7-3-14/h2-9,11,20H,10H2,1H3,(H,18,21)/b19-11+. The first-order valence-corrected chi connectivity index (χ1v) is 9.28. The largest absolute Gasteiger partial charge is 0.352 e. The molecule has 0 radical (unpaired) electrons. The quantitative estimate of drug-likeness (QED) is 0.566. The van der Waals surface area contributed by atoms with Crippen LogP contribution in [0.4, 0.5) is 0 Å². The summed E-state index contributed by atoms with van der Waals surface area (Å²) in [5.41, 5.74) is 1.58. The van der Waals surface area contributed by atoms with Crippen molar-refractivity contribution in [2.45, 2.75) is 18.4 Å². The number of rotatable bonds is 6. The number of benzene rings is 2. The maximum atomic E-state index is 12.2. The second-order valence-electron chi connectivity index (χ2n) is 4.96. The van der Waals surface area contributed by atoms with E-state index < -0.39 is 10.0 Å². The third kappa shape index (κ3) is 5.47. The predicted molar refractivity (Wildman–Crippen MR) is 96.0 cm³/mol. The van der Waals surface area contributed by atoms with Crippen molar-refractivity contribution < 1.29 is 13.2 Å². The third-order valence-corrected chi connectivity index (χ3v) is 4.80. The lowest BCUT2D eigenvalue weighted by molar-refractivity contribution is -0.119.